The SMILES string of the molecule is CC(N)c1ccc(N2CCNC(=O)C2(C)C)c(F)c1. The van der Waals surface area contributed by atoms with E-state index in [-0.39, 0.29) is 17.8 Å². The van der Waals surface area contributed by atoms with Gasteiger partial charge in [0.2, 0.25) is 5.91 Å². The molecule has 0 aromatic heterocycles. The molecule has 1 heterocycles. The van der Waals surface area contributed by atoms with Gasteiger partial charge in [0.15, 0.2) is 0 Å². The highest BCUT2D eigenvalue weighted by molar-refractivity contribution is 5.90. The van der Waals surface area contributed by atoms with Crippen molar-refractivity contribution in [2.24, 2.45) is 5.73 Å². The smallest absolute Gasteiger partial charge is 0.245 e. The maximum atomic E-state index is 14.2. The van der Waals surface area contributed by atoms with Crippen molar-refractivity contribution in [1.29, 1.82) is 0 Å². The quantitative estimate of drug-likeness (QED) is 0.853. The molecule has 19 heavy (non-hydrogen) atoms. The van der Waals surface area contributed by atoms with Gasteiger partial charge in [-0.2, -0.15) is 0 Å². The Hall–Kier alpha value is -1.62. The van der Waals surface area contributed by atoms with Gasteiger partial charge in [-0.05, 0) is 38.5 Å². The average Bonchev–Trinajstić information content (AvgIpc) is 2.33. The van der Waals surface area contributed by atoms with E-state index in [9.17, 15) is 9.18 Å². The number of benzene rings is 1. The summed E-state index contributed by atoms with van der Waals surface area (Å²) in [6.45, 7) is 6.51. The van der Waals surface area contributed by atoms with Crippen LogP contribution in [-0.2, 0) is 4.79 Å². The van der Waals surface area contributed by atoms with Gasteiger partial charge in [0, 0.05) is 19.1 Å². The van der Waals surface area contributed by atoms with E-state index in [1.165, 1.54) is 6.07 Å². The van der Waals surface area contributed by atoms with E-state index < -0.39 is 5.54 Å². The number of halogens is 1. The fraction of sp³-hybridized carbons (Fsp3) is 0.500. The van der Waals surface area contributed by atoms with Crippen LogP contribution in [0, 0.1) is 5.82 Å². The lowest BCUT2D eigenvalue weighted by Gasteiger charge is -2.43. The van der Waals surface area contributed by atoms with Crippen LogP contribution in [0.1, 0.15) is 32.4 Å². The Labute approximate surface area is 112 Å². The maximum absolute atomic E-state index is 14.2. The van der Waals surface area contributed by atoms with Crippen LogP contribution >= 0.6 is 0 Å². The molecule has 104 valence electrons. The number of nitrogens with zero attached hydrogens (tertiary/aromatic N) is 1. The summed E-state index contributed by atoms with van der Waals surface area (Å²) in [7, 11) is 0. The fourth-order valence-corrected chi connectivity index (χ4v) is 2.35. The Kier molecular flexibility index (Phi) is 3.49. The normalized spacial score (nSPS) is 20.1. The van der Waals surface area contributed by atoms with Crippen LogP contribution in [0.25, 0.3) is 0 Å². The number of rotatable bonds is 2. The van der Waals surface area contributed by atoms with Gasteiger partial charge in [0.05, 0.1) is 5.69 Å². The molecular weight excluding hydrogens is 245 g/mol. The predicted molar refractivity (Wildman–Crippen MR) is 73.4 cm³/mol. The van der Waals surface area contributed by atoms with Gasteiger partial charge in [-0.25, -0.2) is 4.39 Å². The van der Waals surface area contributed by atoms with Crippen molar-refractivity contribution in [3.63, 3.8) is 0 Å². The number of piperazine rings is 1. The highest BCUT2D eigenvalue weighted by Crippen LogP contribution is 2.29. The summed E-state index contributed by atoms with van der Waals surface area (Å²) < 4.78 is 14.2. The number of carbonyl (C=O) groups is 1. The van der Waals surface area contributed by atoms with E-state index in [2.05, 4.69) is 5.32 Å². The average molecular weight is 265 g/mol. The van der Waals surface area contributed by atoms with E-state index in [1.807, 2.05) is 13.0 Å². The van der Waals surface area contributed by atoms with Gasteiger partial charge in [-0.3, -0.25) is 4.79 Å². The molecule has 1 aromatic carbocycles. The monoisotopic (exact) mass is 265 g/mol. The van der Waals surface area contributed by atoms with E-state index >= 15 is 0 Å². The zero-order chi connectivity index (χ0) is 14.2. The van der Waals surface area contributed by atoms with Crippen LogP contribution in [0.2, 0.25) is 0 Å². The summed E-state index contributed by atoms with van der Waals surface area (Å²) in [4.78, 5) is 13.7. The molecule has 1 aliphatic rings. The second-order valence-corrected chi connectivity index (χ2v) is 5.47. The van der Waals surface area contributed by atoms with Gasteiger partial charge in [0.25, 0.3) is 0 Å². The van der Waals surface area contributed by atoms with Gasteiger partial charge < -0.3 is 16.0 Å². The molecule has 3 N–H and O–H groups in total. The third-order valence-corrected chi connectivity index (χ3v) is 3.64. The van der Waals surface area contributed by atoms with Crippen molar-refractivity contribution in [1.82, 2.24) is 5.32 Å². The summed E-state index contributed by atoms with van der Waals surface area (Å²) in [5.74, 6) is -0.424. The highest BCUT2D eigenvalue weighted by Gasteiger charge is 2.38. The highest BCUT2D eigenvalue weighted by atomic mass is 19.1. The summed E-state index contributed by atoms with van der Waals surface area (Å²) >= 11 is 0. The summed E-state index contributed by atoms with van der Waals surface area (Å²) in [6.07, 6.45) is 0. The van der Waals surface area contributed by atoms with E-state index in [0.717, 1.165) is 5.56 Å². The largest absolute Gasteiger partial charge is 0.353 e. The van der Waals surface area contributed by atoms with Crippen molar-refractivity contribution < 1.29 is 9.18 Å². The molecule has 0 radical (unpaired) electrons. The van der Waals surface area contributed by atoms with E-state index in [1.54, 1.807) is 24.8 Å². The first-order chi connectivity index (χ1) is 8.84. The van der Waals surface area contributed by atoms with Crippen molar-refractivity contribution in [2.75, 3.05) is 18.0 Å². The Bertz CT molecular complexity index is 499. The molecular formula is C14H20FN3O. The van der Waals surface area contributed by atoms with Crippen molar-refractivity contribution >= 4 is 11.6 Å². The molecule has 1 fully saturated rings. The first kappa shape index (κ1) is 13.8. The van der Waals surface area contributed by atoms with Gasteiger partial charge >= 0.3 is 0 Å². The van der Waals surface area contributed by atoms with Crippen LogP contribution in [0.3, 0.4) is 0 Å². The van der Waals surface area contributed by atoms with Gasteiger partial charge in [-0.1, -0.05) is 6.07 Å². The van der Waals surface area contributed by atoms with Crippen molar-refractivity contribution in [3.8, 4) is 0 Å². The molecule has 0 aliphatic carbocycles. The third kappa shape index (κ3) is 2.42. The molecule has 0 bridgehead atoms. The number of anilines is 1. The van der Waals surface area contributed by atoms with Crippen LogP contribution in [-0.4, -0.2) is 24.5 Å². The lowest BCUT2D eigenvalue weighted by molar-refractivity contribution is -0.126. The van der Waals surface area contributed by atoms with Gasteiger partial charge in [0.1, 0.15) is 11.4 Å². The minimum absolute atomic E-state index is 0.0885. The van der Waals surface area contributed by atoms with Crippen molar-refractivity contribution in [2.45, 2.75) is 32.4 Å². The zero-order valence-corrected chi connectivity index (χ0v) is 11.5. The lowest BCUT2D eigenvalue weighted by atomic mass is 9.97. The molecule has 1 unspecified atom stereocenters. The first-order valence-electron chi connectivity index (χ1n) is 6.45. The summed E-state index contributed by atoms with van der Waals surface area (Å²) in [5.41, 5.74) is 6.19. The Morgan fingerprint density at radius 2 is 2.16 bits per heavy atom. The zero-order valence-electron chi connectivity index (χ0n) is 11.5. The van der Waals surface area contributed by atoms with Crippen LogP contribution in [0.15, 0.2) is 18.2 Å². The molecule has 0 spiro atoms. The lowest BCUT2D eigenvalue weighted by Crippen LogP contribution is -2.62. The van der Waals surface area contributed by atoms with Crippen molar-refractivity contribution in [3.05, 3.63) is 29.6 Å². The molecule has 4 nitrogen and oxygen atoms in total. The third-order valence-electron chi connectivity index (χ3n) is 3.64. The second kappa shape index (κ2) is 4.81. The topological polar surface area (TPSA) is 58.4 Å². The number of amides is 1. The fourth-order valence-electron chi connectivity index (χ4n) is 2.35. The predicted octanol–water partition coefficient (Wildman–Crippen LogP) is 1.56. The Morgan fingerprint density at radius 3 is 2.74 bits per heavy atom. The minimum atomic E-state index is -0.755. The number of nitrogens with one attached hydrogen (secondary N) is 1. The molecule has 1 aromatic rings. The summed E-state index contributed by atoms with van der Waals surface area (Å²) in [5, 5.41) is 2.80. The molecule has 1 amide bonds. The second-order valence-electron chi connectivity index (χ2n) is 5.47. The minimum Gasteiger partial charge on any atom is -0.353 e. The Balaban J connectivity index is 2.38. The molecule has 0 saturated carbocycles. The van der Waals surface area contributed by atoms with Crippen LogP contribution in [0.5, 0.6) is 0 Å². The number of hydrogen-bond acceptors (Lipinski definition) is 3. The number of nitrogens with two attached hydrogens (primary N) is 1. The molecule has 1 aliphatic heterocycles. The Morgan fingerprint density at radius 1 is 1.47 bits per heavy atom. The number of hydrogen-bond donors (Lipinski definition) is 2. The molecule has 1 atom stereocenters. The van der Waals surface area contributed by atoms with Gasteiger partial charge in [-0.15, -0.1) is 0 Å². The summed E-state index contributed by atoms with van der Waals surface area (Å²) in [6, 6.07) is 4.75. The molecule has 2 rings (SSSR count). The van der Waals surface area contributed by atoms with Crippen LogP contribution < -0.4 is 16.0 Å². The first-order valence-corrected chi connectivity index (χ1v) is 6.45. The standard InChI is InChI=1S/C14H20FN3O/c1-9(16)10-4-5-12(11(15)8-10)18-7-6-17-13(19)14(18,2)3/h4-5,8-9H,6-7,16H2,1-3H3,(H,17,19). The van der Waals surface area contributed by atoms with E-state index in [4.69, 9.17) is 5.73 Å². The van der Waals surface area contributed by atoms with E-state index in [0.29, 0.717) is 18.8 Å². The number of carbonyl (C=O) groups excluding carboxylic acids is 1. The molecule has 1 saturated heterocycles. The van der Waals surface area contributed by atoms with Crippen LogP contribution in [0.4, 0.5) is 10.1 Å². The maximum Gasteiger partial charge on any atom is 0.245 e. The molecule has 5 heteroatoms.